The molecule has 2 amide bonds. The van der Waals surface area contributed by atoms with Crippen molar-refractivity contribution in [1.82, 2.24) is 15.2 Å². The Kier molecular flexibility index (Phi) is 7.60. The lowest BCUT2D eigenvalue weighted by Gasteiger charge is -2.21. The first-order valence-electron chi connectivity index (χ1n) is 8.84. The molecule has 0 aliphatic rings. The Hall–Kier alpha value is -2.40. The van der Waals surface area contributed by atoms with Gasteiger partial charge in [0.2, 0.25) is 0 Å². The highest BCUT2D eigenvalue weighted by atomic mass is 35.5. The Balaban J connectivity index is 2.05. The van der Waals surface area contributed by atoms with Crippen molar-refractivity contribution < 1.29 is 9.59 Å². The summed E-state index contributed by atoms with van der Waals surface area (Å²) in [7, 11) is 0. The van der Waals surface area contributed by atoms with Crippen LogP contribution in [0.5, 0.6) is 0 Å². The van der Waals surface area contributed by atoms with Crippen molar-refractivity contribution >= 4 is 23.4 Å². The molecular weight excluding hydrogens is 350 g/mol. The number of hydrogen-bond donors (Lipinski definition) is 1. The number of nitrogens with zero attached hydrogens (tertiary/aromatic N) is 2. The summed E-state index contributed by atoms with van der Waals surface area (Å²) in [5.41, 5.74) is 1.47. The van der Waals surface area contributed by atoms with E-state index in [1.807, 2.05) is 26.0 Å². The maximum Gasteiger partial charge on any atom is 0.272 e. The van der Waals surface area contributed by atoms with E-state index in [0.717, 1.165) is 18.4 Å². The monoisotopic (exact) mass is 373 g/mol. The van der Waals surface area contributed by atoms with Crippen LogP contribution in [0.25, 0.3) is 0 Å². The third kappa shape index (κ3) is 5.56. The summed E-state index contributed by atoms with van der Waals surface area (Å²) in [6, 6.07) is 12.2. The van der Waals surface area contributed by atoms with Gasteiger partial charge in [-0.25, -0.2) is 4.98 Å². The highest BCUT2D eigenvalue weighted by Crippen LogP contribution is 2.10. The van der Waals surface area contributed by atoms with E-state index in [2.05, 4.69) is 10.3 Å². The van der Waals surface area contributed by atoms with Gasteiger partial charge in [0.25, 0.3) is 11.8 Å². The highest BCUT2D eigenvalue weighted by Gasteiger charge is 2.17. The number of nitrogens with one attached hydrogen (secondary N) is 1. The van der Waals surface area contributed by atoms with Gasteiger partial charge in [0.1, 0.15) is 11.4 Å². The van der Waals surface area contributed by atoms with Gasteiger partial charge in [0.15, 0.2) is 0 Å². The predicted octanol–water partition coefficient (Wildman–Crippen LogP) is 3.93. The zero-order valence-electron chi connectivity index (χ0n) is 15.2. The van der Waals surface area contributed by atoms with Crippen molar-refractivity contribution in [3.8, 4) is 0 Å². The predicted molar refractivity (Wildman–Crippen MR) is 103 cm³/mol. The maximum absolute atomic E-state index is 12.6. The third-order valence-electron chi connectivity index (χ3n) is 3.84. The summed E-state index contributed by atoms with van der Waals surface area (Å²) in [5, 5.41) is 3.46. The molecule has 0 unspecified atom stereocenters. The lowest BCUT2D eigenvalue weighted by atomic mass is 10.2. The number of carbonyl (C=O) groups excluding carboxylic acids is 2. The molecule has 0 fully saturated rings. The fraction of sp³-hybridized carbons (Fsp3) is 0.350. The minimum Gasteiger partial charge on any atom is -0.347 e. The molecule has 1 aromatic heterocycles. The van der Waals surface area contributed by atoms with E-state index in [0.29, 0.717) is 30.4 Å². The fourth-order valence-corrected chi connectivity index (χ4v) is 2.70. The summed E-state index contributed by atoms with van der Waals surface area (Å²) < 4.78 is 0. The molecule has 0 radical (unpaired) electrons. The average molecular weight is 374 g/mol. The molecule has 1 heterocycles. The van der Waals surface area contributed by atoms with Crippen molar-refractivity contribution in [2.75, 3.05) is 13.1 Å². The first kappa shape index (κ1) is 19.9. The molecule has 0 spiro atoms. The van der Waals surface area contributed by atoms with Gasteiger partial charge in [-0.2, -0.15) is 0 Å². The van der Waals surface area contributed by atoms with Crippen molar-refractivity contribution in [3.05, 3.63) is 64.4 Å². The summed E-state index contributed by atoms with van der Waals surface area (Å²) >= 11 is 5.85. The molecule has 138 valence electrons. The van der Waals surface area contributed by atoms with Gasteiger partial charge in [-0.3, -0.25) is 9.59 Å². The standard InChI is InChI=1S/C20H24ClN3O2/c1-3-12-24(13-4-2)20(26)18-7-5-6-17(23-18)19(25)22-14-15-8-10-16(21)11-9-15/h5-11H,3-4,12-14H2,1-2H3,(H,22,25). The van der Waals surface area contributed by atoms with Crippen LogP contribution in [0.4, 0.5) is 0 Å². The molecule has 26 heavy (non-hydrogen) atoms. The second-order valence-corrected chi connectivity index (χ2v) is 6.45. The van der Waals surface area contributed by atoms with Crippen LogP contribution in [0.2, 0.25) is 5.02 Å². The van der Waals surface area contributed by atoms with Gasteiger partial charge in [-0.1, -0.05) is 43.6 Å². The van der Waals surface area contributed by atoms with Crippen LogP contribution < -0.4 is 5.32 Å². The largest absolute Gasteiger partial charge is 0.347 e. The van der Waals surface area contributed by atoms with E-state index >= 15 is 0 Å². The number of halogens is 1. The molecule has 1 N–H and O–H groups in total. The van der Waals surface area contributed by atoms with E-state index in [1.54, 1.807) is 35.2 Å². The molecule has 0 bridgehead atoms. The van der Waals surface area contributed by atoms with Gasteiger partial charge in [0.05, 0.1) is 0 Å². The average Bonchev–Trinajstić information content (AvgIpc) is 2.66. The van der Waals surface area contributed by atoms with Crippen LogP contribution in [0.15, 0.2) is 42.5 Å². The molecule has 0 aliphatic carbocycles. The van der Waals surface area contributed by atoms with Crippen molar-refractivity contribution in [2.45, 2.75) is 33.2 Å². The second kappa shape index (κ2) is 9.92. The first-order valence-corrected chi connectivity index (χ1v) is 9.22. The van der Waals surface area contributed by atoms with Gasteiger partial charge < -0.3 is 10.2 Å². The molecule has 6 heteroatoms. The molecule has 2 aromatic rings. The number of carbonyl (C=O) groups is 2. The lowest BCUT2D eigenvalue weighted by molar-refractivity contribution is 0.0749. The molecule has 1 aromatic carbocycles. The van der Waals surface area contributed by atoms with Crippen molar-refractivity contribution in [2.24, 2.45) is 0 Å². The number of amides is 2. The van der Waals surface area contributed by atoms with Crippen LogP contribution in [0.1, 0.15) is 53.2 Å². The second-order valence-electron chi connectivity index (χ2n) is 6.01. The number of pyridine rings is 1. The SMILES string of the molecule is CCCN(CCC)C(=O)c1cccc(C(=O)NCc2ccc(Cl)cc2)n1. The lowest BCUT2D eigenvalue weighted by Crippen LogP contribution is -2.33. The number of rotatable bonds is 8. The van der Waals surface area contributed by atoms with E-state index in [9.17, 15) is 9.59 Å². The Morgan fingerprint density at radius 1 is 1.00 bits per heavy atom. The summed E-state index contributed by atoms with van der Waals surface area (Å²) in [6.45, 7) is 5.80. The van der Waals surface area contributed by atoms with Crippen molar-refractivity contribution in [3.63, 3.8) is 0 Å². The van der Waals surface area contributed by atoms with Gasteiger partial charge in [0, 0.05) is 24.7 Å². The van der Waals surface area contributed by atoms with Gasteiger partial charge in [-0.05, 0) is 42.7 Å². The number of hydrogen-bond acceptors (Lipinski definition) is 3. The van der Waals surface area contributed by atoms with Crippen LogP contribution >= 0.6 is 11.6 Å². The van der Waals surface area contributed by atoms with E-state index < -0.39 is 0 Å². The Morgan fingerprint density at radius 3 is 2.23 bits per heavy atom. The summed E-state index contributed by atoms with van der Waals surface area (Å²) in [4.78, 5) is 31.0. The molecule has 2 rings (SSSR count). The summed E-state index contributed by atoms with van der Waals surface area (Å²) in [6.07, 6.45) is 1.76. The van der Waals surface area contributed by atoms with Crippen LogP contribution in [-0.4, -0.2) is 34.8 Å². The molecule has 0 atom stereocenters. The topological polar surface area (TPSA) is 62.3 Å². The van der Waals surface area contributed by atoms with Gasteiger partial charge >= 0.3 is 0 Å². The third-order valence-corrected chi connectivity index (χ3v) is 4.09. The van der Waals surface area contributed by atoms with Crippen LogP contribution in [0, 0.1) is 0 Å². The quantitative estimate of drug-likeness (QED) is 0.762. The van der Waals surface area contributed by atoms with E-state index in [-0.39, 0.29) is 17.5 Å². The first-order chi connectivity index (χ1) is 12.5. The molecule has 5 nitrogen and oxygen atoms in total. The molecule has 0 saturated carbocycles. The molecular formula is C20H24ClN3O2. The van der Waals surface area contributed by atoms with E-state index in [1.165, 1.54) is 0 Å². The van der Waals surface area contributed by atoms with Crippen LogP contribution in [0.3, 0.4) is 0 Å². The highest BCUT2D eigenvalue weighted by molar-refractivity contribution is 6.30. The zero-order chi connectivity index (χ0) is 18.9. The Morgan fingerprint density at radius 2 is 1.62 bits per heavy atom. The molecule has 0 aliphatic heterocycles. The summed E-state index contributed by atoms with van der Waals surface area (Å²) in [5.74, 6) is -0.451. The Bertz CT molecular complexity index is 741. The molecule has 0 saturated heterocycles. The normalized spacial score (nSPS) is 10.4. The number of benzene rings is 1. The van der Waals surface area contributed by atoms with E-state index in [4.69, 9.17) is 11.6 Å². The smallest absolute Gasteiger partial charge is 0.272 e. The van der Waals surface area contributed by atoms with Crippen molar-refractivity contribution in [1.29, 1.82) is 0 Å². The fourth-order valence-electron chi connectivity index (χ4n) is 2.57. The minimum atomic E-state index is -0.313. The minimum absolute atomic E-state index is 0.138. The Labute approximate surface area is 159 Å². The maximum atomic E-state index is 12.6. The van der Waals surface area contributed by atoms with Crippen LogP contribution in [-0.2, 0) is 6.54 Å². The zero-order valence-corrected chi connectivity index (χ0v) is 15.9. The van der Waals surface area contributed by atoms with Gasteiger partial charge in [-0.15, -0.1) is 0 Å². The number of aromatic nitrogens is 1.